The average molecular weight is 426 g/mol. The summed E-state index contributed by atoms with van der Waals surface area (Å²) in [6.07, 6.45) is 2.24. The molecule has 2 heterocycles. The number of hydrogen-bond acceptors (Lipinski definition) is 7. The third kappa shape index (κ3) is 4.28. The Bertz CT molecular complexity index is 1060. The van der Waals surface area contributed by atoms with E-state index in [1.54, 1.807) is 13.2 Å². The van der Waals surface area contributed by atoms with E-state index in [-0.39, 0.29) is 25.2 Å². The molecule has 3 N–H and O–H groups in total. The van der Waals surface area contributed by atoms with E-state index in [1.807, 2.05) is 29.9 Å². The summed E-state index contributed by atoms with van der Waals surface area (Å²) in [5.41, 5.74) is 10.1. The normalized spacial score (nSPS) is 11.0. The van der Waals surface area contributed by atoms with Gasteiger partial charge in [-0.15, -0.1) is 10.2 Å². The lowest BCUT2D eigenvalue weighted by Gasteiger charge is -2.15. The van der Waals surface area contributed by atoms with E-state index >= 15 is 0 Å². The summed E-state index contributed by atoms with van der Waals surface area (Å²) in [5, 5.41) is 15.7. The largest absolute Gasteiger partial charge is 0.494 e. The highest BCUT2D eigenvalue weighted by Gasteiger charge is 2.19. The van der Waals surface area contributed by atoms with Gasteiger partial charge < -0.3 is 15.8 Å². The fourth-order valence-corrected chi connectivity index (χ4v) is 5.25. The lowest BCUT2D eigenvalue weighted by atomic mass is 10.1. The number of nitrogens with zero attached hydrogens (tertiary/aromatic N) is 4. The van der Waals surface area contributed by atoms with Gasteiger partial charge in [0.05, 0.1) is 29.6 Å². The molecule has 0 saturated carbocycles. The summed E-state index contributed by atoms with van der Waals surface area (Å²) >= 11 is 0. The van der Waals surface area contributed by atoms with Crippen molar-refractivity contribution < 1.29 is 9.53 Å². The van der Waals surface area contributed by atoms with E-state index in [0.29, 0.717) is 17.1 Å². The second-order valence-electron chi connectivity index (χ2n) is 6.78. The Morgan fingerprint density at radius 3 is 2.57 bits per heavy atom. The first-order chi connectivity index (χ1) is 14.4. The number of aryl methyl sites for hydroxylation is 1. The maximum atomic E-state index is 11.9. The molecule has 0 spiro atoms. The van der Waals surface area contributed by atoms with E-state index in [0.717, 1.165) is 23.6 Å². The molecule has 8 nitrogen and oxygen atoms in total. The number of benzene rings is 1. The third-order valence-electron chi connectivity index (χ3n) is 4.85. The first-order valence-electron chi connectivity index (χ1n) is 9.77. The molecule has 0 saturated heterocycles. The van der Waals surface area contributed by atoms with Crippen molar-refractivity contribution in [2.75, 3.05) is 30.5 Å². The Balaban J connectivity index is 2.06. The number of carbonyl (C=O) groups is 1. The van der Waals surface area contributed by atoms with Crippen molar-refractivity contribution in [2.24, 2.45) is 7.05 Å². The zero-order chi connectivity index (χ0) is 21.8. The number of ketones is 1. The van der Waals surface area contributed by atoms with Gasteiger partial charge in [0.25, 0.3) is 0 Å². The van der Waals surface area contributed by atoms with E-state index in [2.05, 4.69) is 35.4 Å². The minimum Gasteiger partial charge on any atom is -0.494 e. The van der Waals surface area contributed by atoms with Gasteiger partial charge in [-0.1, -0.05) is 27.8 Å². The molecule has 158 valence electrons. The fraction of sp³-hybridized carbons (Fsp3) is 0.333. The number of carbonyl (C=O) groups excluding carboxylic acids is 1. The molecule has 0 amide bonds. The molecule has 0 aliphatic carbocycles. The van der Waals surface area contributed by atoms with E-state index in [1.165, 1.54) is 12.4 Å². The lowest BCUT2D eigenvalue weighted by Crippen LogP contribution is -2.14. The van der Waals surface area contributed by atoms with E-state index in [9.17, 15) is 4.79 Å². The number of para-hydroxylation sites is 1. The summed E-state index contributed by atoms with van der Waals surface area (Å²) in [6.45, 7) is 5.87. The Labute approximate surface area is 177 Å². The highest BCUT2D eigenvalue weighted by molar-refractivity contribution is 7.65. The van der Waals surface area contributed by atoms with Crippen molar-refractivity contribution in [3.63, 3.8) is 0 Å². The molecule has 30 heavy (non-hydrogen) atoms. The van der Waals surface area contributed by atoms with Crippen molar-refractivity contribution in [1.82, 2.24) is 20.0 Å². The van der Waals surface area contributed by atoms with Crippen molar-refractivity contribution >= 4 is 36.3 Å². The van der Waals surface area contributed by atoms with Crippen LogP contribution in [0.3, 0.4) is 0 Å². The van der Waals surface area contributed by atoms with Crippen molar-refractivity contribution in [1.29, 1.82) is 0 Å². The molecule has 0 radical (unpaired) electrons. The molecule has 0 unspecified atom stereocenters. The summed E-state index contributed by atoms with van der Waals surface area (Å²) in [5.74, 6) is 0.644. The highest BCUT2D eigenvalue weighted by Crippen LogP contribution is 2.39. The lowest BCUT2D eigenvalue weighted by molar-refractivity contribution is 0.101. The molecule has 0 aliphatic heterocycles. The molecular formula is C21H27N6O2P. The van der Waals surface area contributed by atoms with Crippen LogP contribution in [0.2, 0.25) is 0 Å². The number of ether oxygens (including phenoxy) is 1. The quantitative estimate of drug-likeness (QED) is 0.419. The zero-order valence-corrected chi connectivity index (χ0v) is 18.8. The predicted molar refractivity (Wildman–Crippen MR) is 123 cm³/mol. The van der Waals surface area contributed by atoms with E-state index in [4.69, 9.17) is 15.6 Å². The molecule has 0 fully saturated rings. The van der Waals surface area contributed by atoms with Gasteiger partial charge in [0.2, 0.25) is 0 Å². The van der Waals surface area contributed by atoms with Crippen LogP contribution in [-0.2, 0) is 7.05 Å². The maximum Gasteiger partial charge on any atom is 0.182 e. The summed E-state index contributed by atoms with van der Waals surface area (Å²) in [6, 6.07) is 9.50. The third-order valence-corrected chi connectivity index (χ3v) is 7.45. The van der Waals surface area contributed by atoms with Crippen LogP contribution in [-0.4, -0.2) is 45.2 Å². The second-order valence-corrected chi connectivity index (χ2v) is 9.59. The van der Waals surface area contributed by atoms with Crippen molar-refractivity contribution in [3.8, 4) is 17.0 Å². The van der Waals surface area contributed by atoms with Crippen LogP contribution in [0.25, 0.3) is 11.3 Å². The number of aromatic nitrogens is 4. The monoisotopic (exact) mass is 426 g/mol. The van der Waals surface area contributed by atoms with Crippen molar-refractivity contribution in [3.05, 3.63) is 36.0 Å². The highest BCUT2D eigenvalue weighted by atomic mass is 31.1. The minimum absolute atomic E-state index is 0.207. The van der Waals surface area contributed by atoms with Gasteiger partial charge in [0.1, 0.15) is 5.82 Å². The predicted octanol–water partition coefficient (Wildman–Crippen LogP) is 3.56. The van der Waals surface area contributed by atoms with Crippen LogP contribution < -0.4 is 21.2 Å². The van der Waals surface area contributed by atoms with Gasteiger partial charge in [0, 0.05) is 25.6 Å². The molecule has 3 rings (SSSR count). The molecule has 3 aromatic rings. The van der Waals surface area contributed by atoms with Gasteiger partial charge in [-0.05, 0) is 30.5 Å². The number of nitrogen functional groups attached to an aromatic ring is 1. The molecule has 0 atom stereocenters. The number of rotatable bonds is 8. The molecule has 2 aromatic heterocycles. The fourth-order valence-electron chi connectivity index (χ4n) is 3.40. The minimum atomic E-state index is -0.241. The van der Waals surface area contributed by atoms with Gasteiger partial charge in [-0.25, -0.2) is 0 Å². The van der Waals surface area contributed by atoms with Gasteiger partial charge in [-0.2, -0.15) is 5.10 Å². The van der Waals surface area contributed by atoms with Crippen molar-refractivity contribution in [2.45, 2.75) is 20.8 Å². The maximum absolute atomic E-state index is 11.9. The van der Waals surface area contributed by atoms with Crippen LogP contribution in [0.15, 0.2) is 30.3 Å². The number of anilines is 3. The summed E-state index contributed by atoms with van der Waals surface area (Å²) < 4.78 is 7.70. The van der Waals surface area contributed by atoms with Crippen LogP contribution in [0.5, 0.6) is 5.75 Å². The van der Waals surface area contributed by atoms with E-state index < -0.39 is 0 Å². The van der Waals surface area contributed by atoms with Crippen LogP contribution >= 0.6 is 7.92 Å². The molecule has 1 aromatic carbocycles. The standard InChI is InChI=1S/C21H27N6O2P/c1-6-30(7-2)19-12-16(26-27(19)4)14-9-8-10-15(21(14)29-5)23-17-11-18(22)24-25-20(17)13(3)28/h8-12H,6-7H2,1-5H3,(H3,22,23,24). The Kier molecular flexibility index (Phi) is 6.67. The second kappa shape index (κ2) is 9.22. The Morgan fingerprint density at radius 1 is 1.20 bits per heavy atom. The Hall–Kier alpha value is -2.99. The van der Waals surface area contributed by atoms with Gasteiger partial charge in [0.15, 0.2) is 17.2 Å². The SMILES string of the molecule is CCP(CC)c1cc(-c2cccc(Nc3cc(N)nnc3C(C)=O)c2OC)nn1C. The average Bonchev–Trinajstić information content (AvgIpc) is 3.10. The number of nitrogens with two attached hydrogens (primary N) is 1. The van der Waals surface area contributed by atoms with Crippen LogP contribution in [0.1, 0.15) is 31.3 Å². The zero-order valence-electron chi connectivity index (χ0n) is 17.9. The summed E-state index contributed by atoms with van der Waals surface area (Å²) in [4.78, 5) is 11.9. The van der Waals surface area contributed by atoms with Crippen LogP contribution in [0, 0.1) is 0 Å². The molecule has 0 bridgehead atoms. The van der Waals surface area contributed by atoms with Crippen LogP contribution in [0.4, 0.5) is 17.2 Å². The topological polar surface area (TPSA) is 108 Å². The number of nitrogens with one attached hydrogen (secondary N) is 1. The van der Waals surface area contributed by atoms with Gasteiger partial charge in [-0.3, -0.25) is 9.48 Å². The summed E-state index contributed by atoms with van der Waals surface area (Å²) in [7, 11) is 3.36. The molecule has 9 heteroatoms. The molecule has 0 aliphatic rings. The number of Topliss-reactive ketones (excluding diaryl/α,β-unsaturated/α-hetero) is 1. The first kappa shape index (κ1) is 21.7. The van der Waals surface area contributed by atoms with Gasteiger partial charge >= 0.3 is 0 Å². The molecular weight excluding hydrogens is 399 g/mol. The smallest absolute Gasteiger partial charge is 0.182 e. The Morgan fingerprint density at radius 2 is 1.93 bits per heavy atom. The number of hydrogen-bond donors (Lipinski definition) is 2. The number of methoxy groups -OCH3 is 1. The first-order valence-corrected chi connectivity index (χ1v) is 11.5.